The van der Waals surface area contributed by atoms with Crippen molar-refractivity contribution < 1.29 is 14.2 Å². The Morgan fingerprint density at radius 3 is 1.86 bits per heavy atom. The summed E-state index contributed by atoms with van der Waals surface area (Å²) in [5.74, 6) is 0.642. The first kappa shape index (κ1) is 24.7. The number of fused-ring (bicyclic) bond motifs is 1. The number of aromatic nitrogens is 2. The van der Waals surface area contributed by atoms with Crippen molar-refractivity contribution in [3.8, 4) is 0 Å². The number of azide groups is 1. The number of hydrogen-bond donors (Lipinski definition) is 0. The molecule has 0 radical (unpaired) electrons. The van der Waals surface area contributed by atoms with Crippen LogP contribution in [0.4, 0.5) is 0 Å². The van der Waals surface area contributed by atoms with Gasteiger partial charge in [-0.3, -0.25) is 0 Å². The van der Waals surface area contributed by atoms with E-state index in [1.54, 1.807) is 6.20 Å². The fourth-order valence-electron chi connectivity index (χ4n) is 4.68. The molecular weight excluding hydrogens is 466 g/mol. The molecule has 1 aliphatic rings. The van der Waals surface area contributed by atoms with Gasteiger partial charge in [-0.2, -0.15) is 0 Å². The fraction of sp³-hybridized carbons (Fsp3) is 0.276. The molecule has 0 saturated carbocycles. The molecule has 4 atom stereocenters. The summed E-state index contributed by atoms with van der Waals surface area (Å²) in [4.78, 5) is 7.67. The van der Waals surface area contributed by atoms with Crippen molar-refractivity contribution in [3.63, 3.8) is 0 Å². The standard InChI is InChI=1S/C29H29N5O3/c30-33-32-26-28(37-20-24-14-8-3-9-15-24)27(36-19-23-12-6-2-7-13-23)25(34-17-16-31-29(26)34)21-35-18-22-10-4-1-5-11-22/h1-17,25-28H,18-21H2/t25-,26-,27-,28-/m1/s1. The minimum atomic E-state index is -0.644. The maximum Gasteiger partial charge on any atom is 0.124 e. The molecule has 5 rings (SSSR count). The van der Waals surface area contributed by atoms with Gasteiger partial charge < -0.3 is 18.8 Å². The normalized spacial score (nSPS) is 20.6. The molecule has 188 valence electrons. The van der Waals surface area contributed by atoms with Crippen molar-refractivity contribution in [2.75, 3.05) is 6.61 Å². The summed E-state index contributed by atoms with van der Waals surface area (Å²) in [7, 11) is 0. The summed E-state index contributed by atoms with van der Waals surface area (Å²) in [5, 5.41) is 4.11. The third kappa shape index (κ3) is 6.07. The van der Waals surface area contributed by atoms with E-state index in [0.29, 0.717) is 32.3 Å². The van der Waals surface area contributed by atoms with Crippen LogP contribution in [-0.2, 0) is 34.0 Å². The molecule has 4 aromatic rings. The maximum absolute atomic E-state index is 9.41. The van der Waals surface area contributed by atoms with E-state index in [2.05, 4.69) is 15.0 Å². The molecule has 37 heavy (non-hydrogen) atoms. The highest BCUT2D eigenvalue weighted by Crippen LogP contribution is 2.39. The average Bonchev–Trinajstić information content (AvgIpc) is 3.44. The van der Waals surface area contributed by atoms with E-state index >= 15 is 0 Å². The quantitative estimate of drug-likeness (QED) is 0.141. The molecule has 8 heteroatoms. The number of rotatable bonds is 11. The minimum absolute atomic E-state index is 0.226. The minimum Gasteiger partial charge on any atom is -0.375 e. The van der Waals surface area contributed by atoms with Crippen molar-refractivity contribution in [1.29, 1.82) is 0 Å². The highest BCUT2D eigenvalue weighted by Gasteiger charge is 2.45. The van der Waals surface area contributed by atoms with E-state index in [0.717, 1.165) is 16.7 Å². The molecule has 0 fully saturated rings. The van der Waals surface area contributed by atoms with Crippen LogP contribution in [-0.4, -0.2) is 28.4 Å². The molecule has 8 nitrogen and oxygen atoms in total. The van der Waals surface area contributed by atoms with E-state index in [4.69, 9.17) is 14.2 Å². The van der Waals surface area contributed by atoms with E-state index in [1.165, 1.54) is 0 Å². The molecule has 0 aliphatic carbocycles. The van der Waals surface area contributed by atoms with E-state index in [1.807, 2.05) is 102 Å². The molecule has 0 N–H and O–H groups in total. The van der Waals surface area contributed by atoms with Gasteiger partial charge in [-0.05, 0) is 22.2 Å². The molecule has 2 heterocycles. The maximum atomic E-state index is 9.41. The molecule has 3 aromatic carbocycles. The first-order valence-corrected chi connectivity index (χ1v) is 12.3. The van der Waals surface area contributed by atoms with Crippen molar-refractivity contribution in [1.82, 2.24) is 9.55 Å². The summed E-state index contributed by atoms with van der Waals surface area (Å²) in [6.07, 6.45) is 2.60. The topological polar surface area (TPSA) is 94.3 Å². The van der Waals surface area contributed by atoms with Gasteiger partial charge in [-0.1, -0.05) is 96.1 Å². The molecule has 1 aliphatic heterocycles. The van der Waals surface area contributed by atoms with E-state index in [-0.39, 0.29) is 6.04 Å². The lowest BCUT2D eigenvalue weighted by Gasteiger charge is -2.41. The van der Waals surface area contributed by atoms with Gasteiger partial charge in [0.25, 0.3) is 0 Å². The summed E-state index contributed by atoms with van der Waals surface area (Å²) < 4.78 is 21.2. The van der Waals surface area contributed by atoms with Crippen molar-refractivity contribution in [2.45, 2.75) is 44.1 Å². The molecule has 1 aromatic heterocycles. The lowest BCUT2D eigenvalue weighted by Crippen LogP contribution is -2.48. The van der Waals surface area contributed by atoms with Crippen LogP contribution in [0.1, 0.15) is 34.6 Å². The molecule has 0 saturated heterocycles. The Bertz CT molecular complexity index is 1290. The third-order valence-corrected chi connectivity index (χ3v) is 6.48. The zero-order valence-corrected chi connectivity index (χ0v) is 20.4. The molecule has 0 amide bonds. The average molecular weight is 496 g/mol. The Morgan fingerprint density at radius 2 is 1.30 bits per heavy atom. The summed E-state index contributed by atoms with van der Waals surface area (Å²) >= 11 is 0. The monoisotopic (exact) mass is 495 g/mol. The Hall–Kier alpha value is -3.94. The van der Waals surface area contributed by atoms with E-state index in [9.17, 15) is 5.53 Å². The predicted molar refractivity (Wildman–Crippen MR) is 139 cm³/mol. The van der Waals surface area contributed by atoms with Gasteiger partial charge in [0, 0.05) is 17.3 Å². The van der Waals surface area contributed by atoms with Gasteiger partial charge in [-0.15, -0.1) is 0 Å². The SMILES string of the molecule is [N-]=[N+]=N[C@H]1c2nccn2[C@H](COCc2ccccc2)[C@@H](OCc2ccccc2)[C@@H]1OCc1ccccc1. The second-order valence-electron chi connectivity index (χ2n) is 8.93. The molecular formula is C29H29N5O3. The second kappa shape index (κ2) is 12.3. The highest BCUT2D eigenvalue weighted by atomic mass is 16.5. The summed E-state index contributed by atoms with van der Waals surface area (Å²) in [6.45, 7) is 1.60. The number of imidazole rings is 1. The van der Waals surface area contributed by atoms with Gasteiger partial charge in [-0.25, -0.2) is 4.98 Å². The van der Waals surface area contributed by atoms with E-state index < -0.39 is 18.2 Å². The number of benzene rings is 3. The van der Waals surface area contributed by atoms with Crippen LogP contribution in [0.2, 0.25) is 0 Å². The van der Waals surface area contributed by atoms with Gasteiger partial charge in [0.15, 0.2) is 0 Å². The number of ether oxygens (including phenoxy) is 3. The molecule has 0 bridgehead atoms. The van der Waals surface area contributed by atoms with Crippen molar-refractivity contribution >= 4 is 0 Å². The van der Waals surface area contributed by atoms with Gasteiger partial charge in [0.2, 0.25) is 0 Å². The van der Waals surface area contributed by atoms with Crippen LogP contribution < -0.4 is 0 Å². The van der Waals surface area contributed by atoms with Gasteiger partial charge in [0.1, 0.15) is 24.1 Å². The predicted octanol–water partition coefficient (Wildman–Crippen LogP) is 6.18. The first-order chi connectivity index (χ1) is 18.3. The molecule has 0 spiro atoms. The number of nitrogens with zero attached hydrogens (tertiary/aromatic N) is 5. The highest BCUT2D eigenvalue weighted by molar-refractivity contribution is 5.17. The smallest absolute Gasteiger partial charge is 0.124 e. The van der Waals surface area contributed by atoms with Crippen LogP contribution in [0.5, 0.6) is 0 Å². The first-order valence-electron chi connectivity index (χ1n) is 12.3. The van der Waals surface area contributed by atoms with Gasteiger partial charge in [0.05, 0.1) is 32.5 Å². The Kier molecular flexibility index (Phi) is 8.25. The largest absolute Gasteiger partial charge is 0.375 e. The zero-order valence-electron chi connectivity index (χ0n) is 20.4. The van der Waals surface area contributed by atoms with Crippen LogP contribution in [0.25, 0.3) is 10.4 Å². The Balaban J connectivity index is 1.44. The lowest BCUT2D eigenvalue weighted by molar-refractivity contribution is -0.138. The summed E-state index contributed by atoms with van der Waals surface area (Å²) in [6, 6.07) is 29.1. The van der Waals surface area contributed by atoms with Crippen LogP contribution in [0.15, 0.2) is 109 Å². The second-order valence-corrected chi connectivity index (χ2v) is 8.93. The zero-order chi connectivity index (χ0) is 25.3. The number of hydrogen-bond acceptors (Lipinski definition) is 5. The van der Waals surface area contributed by atoms with Gasteiger partial charge >= 0.3 is 0 Å². The van der Waals surface area contributed by atoms with Crippen LogP contribution in [0, 0.1) is 0 Å². The lowest BCUT2D eigenvalue weighted by atomic mass is 9.93. The Morgan fingerprint density at radius 1 is 0.757 bits per heavy atom. The van der Waals surface area contributed by atoms with Crippen LogP contribution in [0.3, 0.4) is 0 Å². The van der Waals surface area contributed by atoms with Crippen molar-refractivity contribution in [3.05, 3.63) is 136 Å². The fourth-order valence-corrected chi connectivity index (χ4v) is 4.68. The van der Waals surface area contributed by atoms with Crippen LogP contribution >= 0.6 is 0 Å². The van der Waals surface area contributed by atoms with Crippen molar-refractivity contribution in [2.24, 2.45) is 5.11 Å². The molecule has 0 unspecified atom stereocenters. The summed E-state index contributed by atoms with van der Waals surface area (Å²) in [5.41, 5.74) is 12.6. The Labute approximate surface area is 216 Å². The third-order valence-electron chi connectivity index (χ3n) is 6.48.